The lowest BCUT2D eigenvalue weighted by Crippen LogP contribution is -2.28. The van der Waals surface area contributed by atoms with Gasteiger partial charge in [-0.15, -0.1) is 0 Å². The first-order chi connectivity index (χ1) is 26.3. The van der Waals surface area contributed by atoms with Crippen molar-refractivity contribution >= 4 is 11.8 Å². The Morgan fingerprint density at radius 3 is 1.11 bits per heavy atom. The van der Waals surface area contributed by atoms with Crippen molar-refractivity contribution in [2.75, 3.05) is 13.1 Å². The van der Waals surface area contributed by atoms with Gasteiger partial charge >= 0.3 is 0 Å². The quantitative estimate of drug-likeness (QED) is 0.0881. The third kappa shape index (κ3) is 15.4. The number of nitrogens with one attached hydrogen (secondary N) is 2. The van der Waals surface area contributed by atoms with E-state index in [0.717, 1.165) is 98.3 Å². The van der Waals surface area contributed by atoms with Gasteiger partial charge in [0.25, 0.3) is 11.8 Å². The molecule has 8 nitrogen and oxygen atoms in total. The summed E-state index contributed by atoms with van der Waals surface area (Å²) in [5.41, 5.74) is 2.24. The molecule has 3 aromatic rings. The third-order valence-electron chi connectivity index (χ3n) is 10.8. The number of hydrogen-bond donors (Lipinski definition) is 2. The number of rotatable bonds is 24. The fourth-order valence-corrected chi connectivity index (χ4v) is 5.58. The molecule has 0 aromatic heterocycles. The van der Waals surface area contributed by atoms with Crippen LogP contribution in [-0.4, -0.2) is 47.3 Å². The molecule has 0 spiro atoms. The molecule has 0 aliphatic heterocycles. The second kappa shape index (κ2) is 20.8. The predicted molar refractivity (Wildman–Crippen MR) is 230 cm³/mol. The largest absolute Gasteiger partial charge is 0.488 e. The zero-order valence-corrected chi connectivity index (χ0v) is 36.7. The molecule has 3 aromatic carbocycles. The predicted octanol–water partition coefficient (Wildman–Crippen LogP) is 11.5. The molecular weight excluding hydrogens is 701 g/mol. The number of ether oxygens (including phenoxy) is 4. The molecule has 0 atom stereocenters. The molecule has 0 aliphatic carbocycles. The normalized spacial score (nSPS) is 12.2. The van der Waals surface area contributed by atoms with Crippen molar-refractivity contribution in [2.24, 2.45) is 0 Å². The Bertz CT molecular complexity index is 1570. The van der Waals surface area contributed by atoms with Gasteiger partial charge in [0, 0.05) is 36.3 Å². The van der Waals surface area contributed by atoms with Gasteiger partial charge in [0.2, 0.25) is 0 Å². The van der Waals surface area contributed by atoms with E-state index in [2.05, 4.69) is 106 Å². The van der Waals surface area contributed by atoms with E-state index in [1.807, 2.05) is 24.3 Å². The number of carbonyl (C=O) groups is 2. The van der Waals surface area contributed by atoms with Gasteiger partial charge in [0.1, 0.15) is 45.4 Å². The van der Waals surface area contributed by atoms with Gasteiger partial charge in [-0.3, -0.25) is 9.59 Å². The summed E-state index contributed by atoms with van der Waals surface area (Å²) in [6.07, 6.45) is 8.68. The van der Waals surface area contributed by atoms with Gasteiger partial charge in [-0.2, -0.15) is 0 Å². The van der Waals surface area contributed by atoms with Crippen LogP contribution in [0.4, 0.5) is 0 Å². The maximum atomic E-state index is 12.9. The average molecular weight is 773 g/mol. The van der Waals surface area contributed by atoms with Crippen LogP contribution in [0.5, 0.6) is 23.0 Å². The van der Waals surface area contributed by atoms with E-state index in [9.17, 15) is 9.59 Å². The molecule has 3 rings (SSSR count). The van der Waals surface area contributed by atoms with Crippen LogP contribution in [0.3, 0.4) is 0 Å². The van der Waals surface area contributed by atoms with E-state index < -0.39 is 0 Å². The number of amides is 2. The van der Waals surface area contributed by atoms with Crippen LogP contribution in [0.1, 0.15) is 166 Å². The average Bonchev–Trinajstić information content (AvgIpc) is 3.15. The Morgan fingerprint density at radius 2 is 0.786 bits per heavy atom. The topological polar surface area (TPSA) is 95.1 Å². The van der Waals surface area contributed by atoms with Gasteiger partial charge in [0.05, 0.1) is 0 Å². The molecule has 0 unspecified atom stereocenters. The standard InChI is InChI=1S/C48H72N2O6/c1-13-45(5,6)53-39-29-27-35(41(33-39)55-47(9,10)15-3)21-17-19-31-49-43(51)37-23-25-38(26-24-37)44(52)50-32-20-18-22-36-28-30-40(54-46(7,8)14-2)34-42(36)56-48(11,12)16-4/h23-30,33-34H,13-22,31-32H2,1-12H3,(H,49,51)(H,50,52). The lowest BCUT2D eigenvalue weighted by molar-refractivity contribution is 0.0939. The summed E-state index contributed by atoms with van der Waals surface area (Å²) in [5, 5.41) is 6.05. The molecule has 0 bridgehead atoms. The maximum Gasteiger partial charge on any atom is 0.251 e. The first-order valence-electron chi connectivity index (χ1n) is 21.0. The molecule has 0 radical (unpaired) electrons. The highest BCUT2D eigenvalue weighted by Crippen LogP contribution is 2.34. The van der Waals surface area contributed by atoms with Crippen molar-refractivity contribution in [3.63, 3.8) is 0 Å². The molecule has 310 valence electrons. The minimum atomic E-state index is -0.291. The van der Waals surface area contributed by atoms with Gasteiger partial charge in [-0.25, -0.2) is 0 Å². The summed E-state index contributed by atoms with van der Waals surface area (Å²) in [6, 6.07) is 19.1. The van der Waals surface area contributed by atoms with Gasteiger partial charge in [0.15, 0.2) is 0 Å². The van der Waals surface area contributed by atoms with Crippen LogP contribution in [0.2, 0.25) is 0 Å². The van der Waals surface area contributed by atoms with E-state index >= 15 is 0 Å². The number of unbranched alkanes of at least 4 members (excludes halogenated alkanes) is 2. The van der Waals surface area contributed by atoms with Crippen LogP contribution in [0.15, 0.2) is 60.7 Å². The first kappa shape index (κ1) is 46.2. The molecule has 0 heterocycles. The van der Waals surface area contributed by atoms with Crippen LogP contribution in [0.25, 0.3) is 0 Å². The van der Waals surface area contributed by atoms with Gasteiger partial charge < -0.3 is 29.6 Å². The highest BCUT2D eigenvalue weighted by atomic mass is 16.5. The zero-order valence-electron chi connectivity index (χ0n) is 36.7. The van der Waals surface area contributed by atoms with Crippen LogP contribution in [0, 0.1) is 0 Å². The number of hydrogen-bond acceptors (Lipinski definition) is 6. The molecule has 8 heteroatoms. The van der Waals surface area contributed by atoms with Gasteiger partial charge in [-0.05, 0) is 167 Å². The minimum absolute atomic E-state index is 0.148. The Morgan fingerprint density at radius 1 is 0.464 bits per heavy atom. The lowest BCUT2D eigenvalue weighted by Gasteiger charge is -2.29. The summed E-state index contributed by atoms with van der Waals surface area (Å²) in [7, 11) is 0. The van der Waals surface area contributed by atoms with Gasteiger partial charge in [-0.1, -0.05) is 39.8 Å². The minimum Gasteiger partial charge on any atom is -0.488 e. The fourth-order valence-electron chi connectivity index (χ4n) is 5.58. The van der Waals surface area contributed by atoms with Crippen molar-refractivity contribution in [1.29, 1.82) is 0 Å². The molecule has 0 saturated carbocycles. The fraction of sp³-hybridized carbons (Fsp3) is 0.583. The molecule has 2 amide bonds. The summed E-state index contributed by atoms with van der Waals surface area (Å²) in [5.74, 6) is 3.04. The Kier molecular flexibility index (Phi) is 17.2. The monoisotopic (exact) mass is 773 g/mol. The van der Waals surface area contributed by atoms with E-state index in [1.54, 1.807) is 24.3 Å². The smallest absolute Gasteiger partial charge is 0.251 e. The van der Waals surface area contributed by atoms with E-state index in [1.165, 1.54) is 0 Å². The Balaban J connectivity index is 1.45. The van der Waals surface area contributed by atoms with E-state index in [4.69, 9.17) is 18.9 Å². The van der Waals surface area contributed by atoms with E-state index in [0.29, 0.717) is 24.2 Å². The number of aryl methyl sites for hydroxylation is 2. The van der Waals surface area contributed by atoms with Crippen molar-refractivity contribution in [2.45, 2.75) is 170 Å². The molecule has 2 N–H and O–H groups in total. The lowest BCUT2D eigenvalue weighted by atomic mass is 10.0. The summed E-state index contributed by atoms with van der Waals surface area (Å²) in [6.45, 7) is 26.4. The van der Waals surface area contributed by atoms with Crippen LogP contribution in [-0.2, 0) is 12.8 Å². The van der Waals surface area contributed by atoms with Crippen molar-refractivity contribution in [3.8, 4) is 23.0 Å². The Labute approximate surface area is 338 Å². The molecule has 0 saturated heterocycles. The maximum absolute atomic E-state index is 12.9. The van der Waals surface area contributed by atoms with Crippen LogP contribution >= 0.6 is 0 Å². The molecule has 0 aliphatic rings. The van der Waals surface area contributed by atoms with Crippen molar-refractivity contribution in [3.05, 3.63) is 82.9 Å². The zero-order chi connectivity index (χ0) is 41.6. The molecule has 0 fully saturated rings. The molecule has 56 heavy (non-hydrogen) atoms. The first-order valence-corrected chi connectivity index (χ1v) is 21.0. The Hall–Kier alpha value is -4.20. The summed E-state index contributed by atoms with van der Waals surface area (Å²) < 4.78 is 25.4. The SMILES string of the molecule is CCC(C)(C)Oc1ccc(CCCCNC(=O)c2ccc(C(=O)NCCCCc3ccc(OC(C)(C)CC)cc3OC(C)(C)CC)cc2)c(OC(C)(C)CC)c1. The molecular formula is C48H72N2O6. The van der Waals surface area contributed by atoms with E-state index in [-0.39, 0.29) is 34.2 Å². The number of benzene rings is 3. The second-order valence-electron chi connectivity index (χ2n) is 17.4. The number of carbonyl (C=O) groups excluding carboxylic acids is 2. The highest BCUT2D eigenvalue weighted by molar-refractivity contribution is 5.97. The van der Waals surface area contributed by atoms with Crippen molar-refractivity contribution in [1.82, 2.24) is 10.6 Å². The third-order valence-corrected chi connectivity index (χ3v) is 10.8. The summed E-state index contributed by atoms with van der Waals surface area (Å²) in [4.78, 5) is 25.8. The highest BCUT2D eigenvalue weighted by Gasteiger charge is 2.23. The second-order valence-corrected chi connectivity index (χ2v) is 17.4. The van der Waals surface area contributed by atoms with Crippen molar-refractivity contribution < 1.29 is 28.5 Å². The summed E-state index contributed by atoms with van der Waals surface area (Å²) >= 11 is 0. The van der Waals surface area contributed by atoms with Crippen LogP contribution < -0.4 is 29.6 Å².